The summed E-state index contributed by atoms with van der Waals surface area (Å²) in [7, 11) is -12.2. The van der Waals surface area contributed by atoms with Crippen molar-refractivity contribution in [3.05, 3.63) is 83.9 Å². The second kappa shape index (κ2) is 11.8. The number of alkyl halides is 3. The van der Waals surface area contributed by atoms with E-state index in [4.69, 9.17) is 0 Å². The third-order valence-electron chi connectivity index (χ3n) is 6.58. The molecule has 1 heterocycles. The molecule has 0 unspecified atom stereocenters. The van der Waals surface area contributed by atoms with Crippen LogP contribution in [0.4, 0.5) is 13.2 Å². The van der Waals surface area contributed by atoms with Crippen molar-refractivity contribution in [2.75, 3.05) is 20.2 Å². The van der Waals surface area contributed by atoms with E-state index in [1.165, 1.54) is 42.5 Å². The maximum atomic E-state index is 13.8. The lowest BCUT2D eigenvalue weighted by Gasteiger charge is -2.31. The Morgan fingerprint density at radius 3 is 2.05 bits per heavy atom. The zero-order valence-electron chi connectivity index (χ0n) is 21.9. The highest BCUT2D eigenvalue weighted by Gasteiger charge is 2.39. The van der Waals surface area contributed by atoms with Gasteiger partial charge in [-0.3, -0.25) is 0 Å². The number of halogens is 3. The van der Waals surface area contributed by atoms with Crippen LogP contribution in [0.2, 0.25) is 0 Å². The number of ether oxygens (including phenoxy) is 1. The topological polar surface area (TPSA) is 144 Å². The third-order valence-corrected chi connectivity index (χ3v) is 11.8. The Bertz CT molecular complexity index is 1800. The molecule has 3 aromatic carbocycles. The highest BCUT2D eigenvalue weighted by molar-refractivity contribution is 7.91. The van der Waals surface area contributed by atoms with Gasteiger partial charge in [0.1, 0.15) is 0 Å². The molecule has 4 rings (SSSR count). The molecule has 0 amide bonds. The quantitative estimate of drug-likeness (QED) is 0.367. The van der Waals surface area contributed by atoms with Gasteiger partial charge in [-0.05, 0) is 61.4 Å². The number of sulfone groups is 1. The summed E-state index contributed by atoms with van der Waals surface area (Å²) in [5.74, 6) is -0.737. The smallest absolute Gasteiger partial charge is 0.417 e. The number of sulfonamides is 2. The number of hydrogen-bond acceptors (Lipinski definition) is 8. The van der Waals surface area contributed by atoms with E-state index < -0.39 is 63.4 Å². The molecule has 0 saturated carbocycles. The zero-order valence-corrected chi connectivity index (χ0v) is 24.4. The van der Waals surface area contributed by atoms with E-state index in [2.05, 4.69) is 9.46 Å². The first kappa shape index (κ1) is 31.6. The normalized spacial score (nSPS) is 15.8. The van der Waals surface area contributed by atoms with Crippen LogP contribution in [0.15, 0.2) is 92.4 Å². The first-order valence-electron chi connectivity index (χ1n) is 12.3. The second-order valence-electron chi connectivity index (χ2n) is 9.29. The molecule has 1 N–H and O–H groups in total. The molecule has 226 valence electrons. The number of rotatable bonds is 8. The van der Waals surface area contributed by atoms with Gasteiger partial charge in [0, 0.05) is 19.1 Å². The number of nitrogens with zero attached hydrogens (tertiary/aromatic N) is 1. The van der Waals surface area contributed by atoms with Crippen LogP contribution in [0, 0.1) is 0 Å². The van der Waals surface area contributed by atoms with Crippen molar-refractivity contribution in [1.29, 1.82) is 0 Å². The molecular formula is C26H25F3N2O8S3. The van der Waals surface area contributed by atoms with Gasteiger partial charge in [0.25, 0.3) is 0 Å². The summed E-state index contributed by atoms with van der Waals surface area (Å²) < 4.78 is 128. The van der Waals surface area contributed by atoms with Crippen molar-refractivity contribution < 1.29 is 48.0 Å². The van der Waals surface area contributed by atoms with E-state index in [9.17, 15) is 43.2 Å². The van der Waals surface area contributed by atoms with Crippen molar-refractivity contribution >= 4 is 35.9 Å². The molecule has 0 bridgehead atoms. The van der Waals surface area contributed by atoms with E-state index in [1.807, 2.05) is 0 Å². The number of carbonyl (C=O) groups excluding carboxylic acids is 1. The molecule has 0 radical (unpaired) electrons. The lowest BCUT2D eigenvalue weighted by molar-refractivity contribution is -0.140. The van der Waals surface area contributed by atoms with Gasteiger partial charge in [0.2, 0.25) is 29.9 Å². The van der Waals surface area contributed by atoms with Crippen molar-refractivity contribution in [2.45, 2.75) is 44.6 Å². The Hall–Kier alpha value is -3.31. The minimum atomic E-state index is -5.12. The molecule has 1 fully saturated rings. The lowest BCUT2D eigenvalue weighted by Crippen LogP contribution is -2.46. The highest BCUT2D eigenvalue weighted by Crippen LogP contribution is 2.36. The van der Waals surface area contributed by atoms with Gasteiger partial charge >= 0.3 is 12.1 Å². The summed E-state index contributed by atoms with van der Waals surface area (Å²) in [4.78, 5) is 9.48. The average molecular weight is 647 g/mol. The molecule has 10 nitrogen and oxygen atoms in total. The molecule has 0 atom stereocenters. The van der Waals surface area contributed by atoms with Gasteiger partial charge in [-0.15, -0.1) is 0 Å². The number of hydrogen-bond donors (Lipinski definition) is 1. The van der Waals surface area contributed by atoms with Crippen molar-refractivity contribution in [3.8, 4) is 0 Å². The van der Waals surface area contributed by atoms with E-state index in [0.29, 0.717) is 18.2 Å². The van der Waals surface area contributed by atoms with Gasteiger partial charge in [0.15, 0.2) is 0 Å². The fourth-order valence-electron chi connectivity index (χ4n) is 4.41. The molecule has 0 aliphatic carbocycles. The van der Waals surface area contributed by atoms with E-state index in [1.54, 1.807) is 6.07 Å². The number of nitrogens with one attached hydrogen (secondary N) is 1. The minimum absolute atomic E-state index is 0.0122. The minimum Gasteiger partial charge on any atom is -0.465 e. The summed E-state index contributed by atoms with van der Waals surface area (Å²) in [6.07, 6.45) is -5.29. The van der Waals surface area contributed by atoms with Crippen molar-refractivity contribution in [2.24, 2.45) is 0 Å². The Kier molecular flexibility index (Phi) is 8.85. The van der Waals surface area contributed by atoms with Crippen LogP contribution in [-0.4, -0.2) is 61.8 Å². The molecule has 1 aliphatic rings. The standard InChI is InChI=1S/C26H25F3N2O8S3/c1-39-25(32)18-6-5-9-22(16-18)42(37,38)31-14-12-19(13-15-31)30-41(35,36)24-17-21(10-11-23(24)26(27,28)29)40(33,34)20-7-3-2-4-8-20/h2-11,16-17,19,30H,12-15H2,1H3. The maximum absolute atomic E-state index is 13.8. The van der Waals surface area contributed by atoms with Crippen LogP contribution in [0.5, 0.6) is 0 Å². The van der Waals surface area contributed by atoms with E-state index in [-0.39, 0.29) is 41.3 Å². The number of methoxy groups -OCH3 is 1. The predicted octanol–water partition coefficient (Wildman–Crippen LogP) is 3.46. The Balaban J connectivity index is 1.57. The van der Waals surface area contributed by atoms with Gasteiger partial charge in [-0.1, -0.05) is 24.3 Å². The second-order valence-corrected chi connectivity index (χ2v) is 14.9. The van der Waals surface area contributed by atoms with Crippen LogP contribution in [0.3, 0.4) is 0 Å². The summed E-state index contributed by atoms with van der Waals surface area (Å²) in [5, 5.41) is 0. The zero-order chi connectivity index (χ0) is 30.9. The van der Waals surface area contributed by atoms with Crippen LogP contribution in [0.1, 0.15) is 28.8 Å². The number of esters is 1. The Labute approximate surface area is 241 Å². The molecule has 1 aliphatic heterocycles. The first-order valence-corrected chi connectivity index (χ1v) is 16.7. The predicted molar refractivity (Wildman–Crippen MR) is 143 cm³/mol. The van der Waals surface area contributed by atoms with Crippen LogP contribution in [0.25, 0.3) is 0 Å². The van der Waals surface area contributed by atoms with Crippen LogP contribution < -0.4 is 4.72 Å². The van der Waals surface area contributed by atoms with Crippen molar-refractivity contribution in [3.63, 3.8) is 0 Å². The van der Waals surface area contributed by atoms with Gasteiger partial charge in [-0.25, -0.2) is 34.8 Å². The number of benzene rings is 3. The Morgan fingerprint density at radius 2 is 1.45 bits per heavy atom. The van der Waals surface area contributed by atoms with Crippen LogP contribution in [-0.2, 0) is 40.8 Å². The summed E-state index contributed by atoms with van der Waals surface area (Å²) in [6, 6.07) is 12.6. The van der Waals surface area contributed by atoms with E-state index >= 15 is 0 Å². The summed E-state index contributed by atoms with van der Waals surface area (Å²) in [6.45, 7) is -0.348. The summed E-state index contributed by atoms with van der Waals surface area (Å²) in [5.41, 5.74) is -1.54. The highest BCUT2D eigenvalue weighted by atomic mass is 32.2. The molecule has 42 heavy (non-hydrogen) atoms. The van der Waals surface area contributed by atoms with Gasteiger partial charge in [0.05, 0.1) is 37.8 Å². The van der Waals surface area contributed by atoms with Crippen LogP contribution >= 0.6 is 0 Å². The molecule has 3 aromatic rings. The molecule has 1 saturated heterocycles. The molecule has 16 heteroatoms. The monoisotopic (exact) mass is 646 g/mol. The fraction of sp³-hybridized carbons (Fsp3) is 0.269. The molecule has 0 aromatic heterocycles. The lowest BCUT2D eigenvalue weighted by atomic mass is 10.1. The van der Waals surface area contributed by atoms with E-state index in [0.717, 1.165) is 17.5 Å². The van der Waals surface area contributed by atoms with Gasteiger partial charge in [-0.2, -0.15) is 17.5 Å². The van der Waals surface area contributed by atoms with Crippen molar-refractivity contribution in [1.82, 2.24) is 9.03 Å². The number of carbonyl (C=O) groups is 1. The largest absolute Gasteiger partial charge is 0.465 e. The molecule has 0 spiro atoms. The summed E-state index contributed by atoms with van der Waals surface area (Å²) >= 11 is 0. The average Bonchev–Trinajstić information content (AvgIpc) is 2.96. The maximum Gasteiger partial charge on any atom is 0.417 e. The van der Waals surface area contributed by atoms with Gasteiger partial charge < -0.3 is 4.74 Å². The Morgan fingerprint density at radius 1 is 0.833 bits per heavy atom. The SMILES string of the molecule is COC(=O)c1cccc(S(=O)(=O)N2CCC(NS(=O)(=O)c3cc(S(=O)(=O)c4ccccc4)ccc3C(F)(F)F)CC2)c1. The molecular weight excluding hydrogens is 621 g/mol. The third kappa shape index (κ3) is 6.52. The number of piperidine rings is 1. The first-order chi connectivity index (χ1) is 19.6. The fourth-order valence-corrected chi connectivity index (χ4v) is 8.86.